The molecule has 0 amide bonds. The van der Waals surface area contributed by atoms with E-state index in [4.69, 9.17) is 4.74 Å². The van der Waals surface area contributed by atoms with Crippen LogP contribution in [0.4, 0.5) is 10.1 Å². The lowest BCUT2D eigenvalue weighted by atomic mass is 9.69. The zero-order valence-electron chi connectivity index (χ0n) is 19.0. The van der Waals surface area contributed by atoms with Crippen molar-refractivity contribution < 1.29 is 14.2 Å². The number of aliphatic hydroxyl groups is 1. The van der Waals surface area contributed by atoms with E-state index >= 15 is 0 Å². The number of nitrogens with zero attached hydrogens (tertiary/aromatic N) is 4. The molecule has 0 radical (unpaired) electrons. The van der Waals surface area contributed by atoms with Crippen LogP contribution in [0.1, 0.15) is 49.8 Å². The molecule has 2 heterocycles. The van der Waals surface area contributed by atoms with Gasteiger partial charge in [0.15, 0.2) is 6.35 Å². The molecular formula is C24H32FN5O2. The zero-order chi connectivity index (χ0) is 22.5. The van der Waals surface area contributed by atoms with Gasteiger partial charge in [0.05, 0.1) is 17.6 Å². The average Bonchev–Trinajstić information content (AvgIpc) is 3.51. The SMILES string of the molecule is Cc1nc(OC2CC2)ncc1N1CC2(CCC(c3cccc(F)c3)(N(C)C)CC2)NC1O. The summed E-state index contributed by atoms with van der Waals surface area (Å²) in [6, 6.07) is 7.38. The summed E-state index contributed by atoms with van der Waals surface area (Å²) in [5, 5.41) is 14.3. The average molecular weight is 442 g/mol. The molecule has 1 saturated heterocycles. The van der Waals surface area contributed by atoms with Crippen molar-refractivity contribution in [3.63, 3.8) is 0 Å². The van der Waals surface area contributed by atoms with Crippen LogP contribution in [0.25, 0.3) is 0 Å². The number of ether oxygens (including phenoxy) is 1. The second kappa shape index (κ2) is 7.93. The van der Waals surface area contributed by atoms with Crippen molar-refractivity contribution in [2.24, 2.45) is 0 Å². The molecule has 3 fully saturated rings. The lowest BCUT2D eigenvalue weighted by molar-refractivity contribution is 0.0511. The minimum absolute atomic E-state index is 0.200. The summed E-state index contributed by atoms with van der Waals surface area (Å²) in [4.78, 5) is 13.0. The van der Waals surface area contributed by atoms with Gasteiger partial charge in [-0.15, -0.1) is 0 Å². The monoisotopic (exact) mass is 441 g/mol. The fourth-order valence-corrected chi connectivity index (χ4v) is 5.36. The van der Waals surface area contributed by atoms with E-state index < -0.39 is 6.35 Å². The Morgan fingerprint density at radius 3 is 2.59 bits per heavy atom. The number of aryl methyl sites for hydroxylation is 1. The lowest BCUT2D eigenvalue weighted by Gasteiger charge is -2.49. The van der Waals surface area contributed by atoms with Crippen LogP contribution >= 0.6 is 0 Å². The Kier molecular flexibility index (Phi) is 5.34. The van der Waals surface area contributed by atoms with Crippen LogP contribution in [0.2, 0.25) is 0 Å². The lowest BCUT2D eigenvalue weighted by Crippen LogP contribution is -2.54. The molecule has 5 rings (SSSR count). The first-order valence-corrected chi connectivity index (χ1v) is 11.5. The Morgan fingerprint density at radius 2 is 1.97 bits per heavy atom. The number of halogens is 1. The molecule has 1 aromatic heterocycles. The number of nitrogens with one attached hydrogen (secondary N) is 1. The van der Waals surface area contributed by atoms with Gasteiger partial charge in [0, 0.05) is 17.6 Å². The van der Waals surface area contributed by atoms with Gasteiger partial charge in [0.25, 0.3) is 0 Å². The van der Waals surface area contributed by atoms with E-state index in [9.17, 15) is 9.50 Å². The number of anilines is 1. The molecule has 3 aliphatic rings. The summed E-state index contributed by atoms with van der Waals surface area (Å²) in [5.41, 5.74) is 2.21. The predicted octanol–water partition coefficient (Wildman–Crippen LogP) is 2.92. The van der Waals surface area contributed by atoms with Gasteiger partial charge < -0.3 is 14.7 Å². The minimum atomic E-state index is -0.798. The van der Waals surface area contributed by atoms with E-state index in [2.05, 4.69) is 34.3 Å². The third-order valence-corrected chi connectivity index (χ3v) is 7.49. The highest BCUT2D eigenvalue weighted by Gasteiger charge is 2.50. The van der Waals surface area contributed by atoms with Gasteiger partial charge >= 0.3 is 6.01 Å². The van der Waals surface area contributed by atoms with Crippen LogP contribution in [-0.4, -0.2) is 58.6 Å². The van der Waals surface area contributed by atoms with Crippen LogP contribution in [0, 0.1) is 12.7 Å². The van der Waals surface area contributed by atoms with Crippen LogP contribution in [0.15, 0.2) is 30.5 Å². The maximum Gasteiger partial charge on any atom is 0.316 e. The first kappa shape index (κ1) is 21.6. The third-order valence-electron chi connectivity index (χ3n) is 7.49. The van der Waals surface area contributed by atoms with Crippen LogP contribution < -0.4 is 15.0 Å². The second-order valence-electron chi connectivity index (χ2n) is 9.80. The van der Waals surface area contributed by atoms with Crippen molar-refractivity contribution in [3.05, 3.63) is 47.5 Å². The molecule has 8 heteroatoms. The van der Waals surface area contributed by atoms with Crippen LogP contribution in [0.3, 0.4) is 0 Å². The standard InChI is InChI=1S/C24H32FN5O2/c1-16-20(14-26-21(27-16)32-19-7-8-19)30-15-23(28-22(30)31)9-11-24(12-10-23,29(2)3)17-5-4-6-18(25)13-17/h4-6,13-14,19,22,28,31H,7-12,15H2,1-3H3. The Hall–Kier alpha value is -2.29. The van der Waals surface area contributed by atoms with E-state index in [0.29, 0.717) is 12.6 Å². The van der Waals surface area contributed by atoms with Gasteiger partial charge in [-0.2, -0.15) is 4.98 Å². The number of benzene rings is 1. The highest BCUT2D eigenvalue weighted by atomic mass is 19.1. The number of hydrogen-bond acceptors (Lipinski definition) is 7. The van der Waals surface area contributed by atoms with Gasteiger partial charge in [-0.25, -0.2) is 9.37 Å². The van der Waals surface area contributed by atoms with Gasteiger partial charge in [0.2, 0.25) is 0 Å². The summed E-state index contributed by atoms with van der Waals surface area (Å²) >= 11 is 0. The summed E-state index contributed by atoms with van der Waals surface area (Å²) in [5.74, 6) is -0.200. The molecule has 1 aliphatic heterocycles. The molecule has 1 unspecified atom stereocenters. The Balaban J connectivity index is 1.33. The Labute approximate surface area is 188 Å². The first-order valence-electron chi connectivity index (χ1n) is 11.5. The Bertz CT molecular complexity index is 988. The van der Waals surface area contributed by atoms with E-state index in [1.807, 2.05) is 17.9 Å². The molecule has 1 aromatic carbocycles. The molecule has 2 aromatic rings. The fourth-order valence-electron chi connectivity index (χ4n) is 5.36. The fraction of sp³-hybridized carbons (Fsp3) is 0.583. The quantitative estimate of drug-likeness (QED) is 0.739. The minimum Gasteiger partial charge on any atom is -0.460 e. The molecule has 2 saturated carbocycles. The molecule has 7 nitrogen and oxygen atoms in total. The second-order valence-corrected chi connectivity index (χ2v) is 9.80. The summed E-state index contributed by atoms with van der Waals surface area (Å²) < 4.78 is 19.7. The van der Waals surface area contributed by atoms with Gasteiger partial charge in [-0.3, -0.25) is 10.2 Å². The van der Waals surface area contributed by atoms with Crippen molar-refractivity contribution in [2.45, 2.75) is 69.0 Å². The molecule has 32 heavy (non-hydrogen) atoms. The molecule has 2 aliphatic carbocycles. The van der Waals surface area contributed by atoms with E-state index in [-0.39, 0.29) is 23.0 Å². The Morgan fingerprint density at radius 1 is 1.22 bits per heavy atom. The van der Waals surface area contributed by atoms with Crippen molar-refractivity contribution in [1.29, 1.82) is 0 Å². The van der Waals surface area contributed by atoms with Crippen molar-refractivity contribution in [3.8, 4) is 6.01 Å². The van der Waals surface area contributed by atoms with Crippen LogP contribution in [-0.2, 0) is 5.54 Å². The molecule has 172 valence electrons. The summed E-state index contributed by atoms with van der Waals surface area (Å²) in [6.45, 7) is 2.60. The van der Waals surface area contributed by atoms with Crippen molar-refractivity contribution in [2.75, 3.05) is 25.5 Å². The normalized spacial score (nSPS) is 30.3. The van der Waals surface area contributed by atoms with Gasteiger partial charge in [-0.05, 0) is 77.2 Å². The maximum atomic E-state index is 14.0. The highest BCUT2D eigenvalue weighted by Crippen LogP contribution is 2.47. The smallest absolute Gasteiger partial charge is 0.316 e. The molecular weight excluding hydrogens is 409 g/mol. The summed E-state index contributed by atoms with van der Waals surface area (Å²) in [7, 11) is 4.14. The van der Waals surface area contributed by atoms with Crippen molar-refractivity contribution >= 4 is 5.69 Å². The third kappa shape index (κ3) is 3.84. The molecule has 1 atom stereocenters. The molecule has 1 spiro atoms. The summed E-state index contributed by atoms with van der Waals surface area (Å²) in [6.07, 6.45) is 6.83. The highest BCUT2D eigenvalue weighted by molar-refractivity contribution is 5.51. The predicted molar refractivity (Wildman–Crippen MR) is 120 cm³/mol. The number of aliphatic hydroxyl groups excluding tert-OH is 1. The first-order chi connectivity index (χ1) is 15.3. The van der Waals surface area contributed by atoms with E-state index in [1.165, 1.54) is 6.07 Å². The van der Waals surface area contributed by atoms with Gasteiger partial charge in [-0.1, -0.05) is 12.1 Å². The maximum absolute atomic E-state index is 14.0. The van der Waals surface area contributed by atoms with Crippen LogP contribution in [0.5, 0.6) is 6.01 Å². The molecule has 0 bridgehead atoms. The van der Waals surface area contributed by atoms with E-state index in [0.717, 1.165) is 55.5 Å². The van der Waals surface area contributed by atoms with E-state index in [1.54, 1.807) is 18.3 Å². The number of rotatable bonds is 5. The zero-order valence-corrected chi connectivity index (χ0v) is 19.0. The number of hydrogen-bond donors (Lipinski definition) is 2. The number of aromatic nitrogens is 2. The largest absolute Gasteiger partial charge is 0.460 e. The molecule has 2 N–H and O–H groups in total. The van der Waals surface area contributed by atoms with Gasteiger partial charge in [0.1, 0.15) is 11.9 Å². The van der Waals surface area contributed by atoms with Crippen molar-refractivity contribution in [1.82, 2.24) is 20.2 Å². The topological polar surface area (TPSA) is 73.8 Å².